The lowest BCUT2D eigenvalue weighted by Gasteiger charge is -2.15. The topological polar surface area (TPSA) is 50.4 Å². The molecule has 100 valence electrons. The molecular weight excluding hydrogens is 210 g/mol. The van der Waals surface area contributed by atoms with E-state index in [-0.39, 0.29) is 0 Å². The minimum atomic E-state index is 0.456. The summed E-state index contributed by atoms with van der Waals surface area (Å²) in [6.07, 6.45) is 11.5. The van der Waals surface area contributed by atoms with Gasteiger partial charge >= 0.3 is 0 Å². The van der Waals surface area contributed by atoms with Crippen molar-refractivity contribution in [3.05, 3.63) is 0 Å². The fraction of sp³-hybridized carbons (Fsp3) is 0.929. The van der Waals surface area contributed by atoms with Gasteiger partial charge in [0.15, 0.2) is 5.96 Å². The summed E-state index contributed by atoms with van der Waals surface area (Å²) in [5, 5.41) is 3.31. The third-order valence-corrected chi connectivity index (χ3v) is 3.53. The summed E-state index contributed by atoms with van der Waals surface area (Å²) in [4.78, 5) is 4.54. The van der Waals surface area contributed by atoms with E-state index < -0.39 is 0 Å². The van der Waals surface area contributed by atoms with E-state index in [1.165, 1.54) is 57.8 Å². The number of unbranched alkanes of at least 4 members (excludes halogenated alkanes) is 3. The van der Waals surface area contributed by atoms with Crippen LogP contribution in [0.2, 0.25) is 0 Å². The number of nitrogens with two attached hydrogens (primary N) is 1. The van der Waals surface area contributed by atoms with Crippen LogP contribution in [0.25, 0.3) is 0 Å². The van der Waals surface area contributed by atoms with E-state index in [0.29, 0.717) is 18.0 Å². The van der Waals surface area contributed by atoms with Crippen molar-refractivity contribution in [2.24, 2.45) is 10.7 Å². The average Bonchev–Trinajstić information content (AvgIpc) is 2.77. The molecule has 1 unspecified atom stereocenters. The zero-order valence-electron chi connectivity index (χ0n) is 11.5. The minimum absolute atomic E-state index is 0.456. The maximum absolute atomic E-state index is 5.92. The molecule has 1 atom stereocenters. The van der Waals surface area contributed by atoms with Crippen molar-refractivity contribution in [1.29, 1.82) is 0 Å². The Labute approximate surface area is 106 Å². The van der Waals surface area contributed by atoms with Crippen molar-refractivity contribution in [2.75, 3.05) is 0 Å². The van der Waals surface area contributed by atoms with Gasteiger partial charge in [0, 0.05) is 6.04 Å². The zero-order valence-corrected chi connectivity index (χ0v) is 11.5. The monoisotopic (exact) mass is 239 g/mol. The Kier molecular flexibility index (Phi) is 7.06. The molecule has 0 aliphatic heterocycles. The molecule has 3 heteroatoms. The lowest BCUT2D eigenvalue weighted by molar-refractivity contribution is 0.539. The van der Waals surface area contributed by atoms with Gasteiger partial charge in [-0.2, -0.15) is 0 Å². The van der Waals surface area contributed by atoms with Crippen LogP contribution in [0.5, 0.6) is 0 Å². The maximum Gasteiger partial charge on any atom is 0.189 e. The van der Waals surface area contributed by atoms with Crippen LogP contribution in [0.1, 0.15) is 71.6 Å². The SMILES string of the molecule is CCCCCCC(C)NC(N)=NC1CCCC1. The van der Waals surface area contributed by atoms with Gasteiger partial charge in [0.25, 0.3) is 0 Å². The maximum atomic E-state index is 5.92. The van der Waals surface area contributed by atoms with E-state index in [0.717, 1.165) is 0 Å². The Hall–Kier alpha value is -0.730. The highest BCUT2D eigenvalue weighted by Gasteiger charge is 2.14. The van der Waals surface area contributed by atoms with Crippen LogP contribution >= 0.6 is 0 Å². The molecule has 0 saturated heterocycles. The van der Waals surface area contributed by atoms with E-state index in [9.17, 15) is 0 Å². The zero-order chi connectivity index (χ0) is 12.5. The van der Waals surface area contributed by atoms with Crippen LogP contribution in [0.15, 0.2) is 4.99 Å². The van der Waals surface area contributed by atoms with Crippen molar-refractivity contribution in [3.8, 4) is 0 Å². The summed E-state index contributed by atoms with van der Waals surface area (Å²) in [6, 6.07) is 0.937. The molecule has 1 fully saturated rings. The Morgan fingerprint density at radius 1 is 1.29 bits per heavy atom. The van der Waals surface area contributed by atoms with Gasteiger partial charge in [-0.15, -0.1) is 0 Å². The molecule has 0 aromatic rings. The predicted octanol–water partition coefficient (Wildman–Crippen LogP) is 3.19. The van der Waals surface area contributed by atoms with E-state index in [1.807, 2.05) is 0 Å². The second kappa shape index (κ2) is 8.37. The standard InChI is InChI=1S/C14H29N3/c1-3-4-5-6-9-12(2)16-14(15)17-13-10-7-8-11-13/h12-13H,3-11H2,1-2H3,(H3,15,16,17). The second-order valence-electron chi connectivity index (χ2n) is 5.35. The quantitative estimate of drug-likeness (QED) is 0.407. The number of hydrogen-bond donors (Lipinski definition) is 2. The van der Waals surface area contributed by atoms with Gasteiger partial charge in [-0.1, -0.05) is 45.4 Å². The third kappa shape index (κ3) is 6.54. The summed E-state index contributed by atoms with van der Waals surface area (Å²) >= 11 is 0. The van der Waals surface area contributed by atoms with Gasteiger partial charge < -0.3 is 11.1 Å². The summed E-state index contributed by atoms with van der Waals surface area (Å²) in [5.41, 5.74) is 5.92. The third-order valence-electron chi connectivity index (χ3n) is 3.53. The summed E-state index contributed by atoms with van der Waals surface area (Å²) in [6.45, 7) is 4.44. The average molecular weight is 239 g/mol. The number of nitrogens with zero attached hydrogens (tertiary/aromatic N) is 1. The minimum Gasteiger partial charge on any atom is -0.370 e. The van der Waals surface area contributed by atoms with Crippen molar-refractivity contribution < 1.29 is 0 Å². The normalized spacial score (nSPS) is 19.5. The molecule has 0 aromatic heterocycles. The van der Waals surface area contributed by atoms with Gasteiger partial charge in [0.1, 0.15) is 0 Å². The van der Waals surface area contributed by atoms with Crippen LogP contribution in [-0.2, 0) is 0 Å². The molecule has 1 saturated carbocycles. The van der Waals surface area contributed by atoms with Gasteiger partial charge in [-0.3, -0.25) is 4.99 Å². The molecule has 0 radical (unpaired) electrons. The van der Waals surface area contributed by atoms with E-state index in [1.54, 1.807) is 0 Å². The van der Waals surface area contributed by atoms with Gasteiger partial charge in [-0.05, 0) is 26.2 Å². The lowest BCUT2D eigenvalue weighted by Crippen LogP contribution is -2.39. The first-order valence-corrected chi connectivity index (χ1v) is 7.32. The highest BCUT2D eigenvalue weighted by molar-refractivity contribution is 5.78. The molecule has 1 rings (SSSR count). The van der Waals surface area contributed by atoms with E-state index in [2.05, 4.69) is 24.2 Å². The number of aliphatic imine (C=N–C) groups is 1. The van der Waals surface area contributed by atoms with Crippen molar-refractivity contribution in [1.82, 2.24) is 5.32 Å². The smallest absolute Gasteiger partial charge is 0.189 e. The van der Waals surface area contributed by atoms with Crippen LogP contribution in [-0.4, -0.2) is 18.0 Å². The van der Waals surface area contributed by atoms with Crippen LogP contribution in [0.3, 0.4) is 0 Å². The Morgan fingerprint density at radius 3 is 2.65 bits per heavy atom. The Bertz CT molecular complexity index is 220. The predicted molar refractivity (Wildman–Crippen MR) is 75.2 cm³/mol. The Balaban J connectivity index is 2.13. The summed E-state index contributed by atoms with van der Waals surface area (Å²) in [5.74, 6) is 0.653. The molecule has 0 aromatic carbocycles. The van der Waals surface area contributed by atoms with Crippen molar-refractivity contribution in [2.45, 2.75) is 83.7 Å². The van der Waals surface area contributed by atoms with Crippen molar-refractivity contribution in [3.63, 3.8) is 0 Å². The number of hydrogen-bond acceptors (Lipinski definition) is 1. The first kappa shape index (κ1) is 14.3. The molecule has 0 amide bonds. The van der Waals surface area contributed by atoms with Crippen LogP contribution in [0.4, 0.5) is 0 Å². The second-order valence-corrected chi connectivity index (χ2v) is 5.35. The molecule has 3 nitrogen and oxygen atoms in total. The van der Waals surface area contributed by atoms with Gasteiger partial charge in [0.2, 0.25) is 0 Å². The van der Waals surface area contributed by atoms with E-state index in [4.69, 9.17) is 5.73 Å². The Morgan fingerprint density at radius 2 is 2.00 bits per heavy atom. The van der Waals surface area contributed by atoms with Crippen molar-refractivity contribution >= 4 is 5.96 Å². The molecule has 1 aliphatic carbocycles. The van der Waals surface area contributed by atoms with Gasteiger partial charge in [-0.25, -0.2) is 0 Å². The summed E-state index contributed by atoms with van der Waals surface area (Å²) in [7, 11) is 0. The molecule has 0 heterocycles. The number of nitrogens with one attached hydrogen (secondary N) is 1. The fourth-order valence-corrected chi connectivity index (χ4v) is 2.47. The van der Waals surface area contributed by atoms with Gasteiger partial charge in [0.05, 0.1) is 6.04 Å². The summed E-state index contributed by atoms with van der Waals surface area (Å²) < 4.78 is 0. The molecular formula is C14H29N3. The molecule has 3 N–H and O–H groups in total. The highest BCUT2D eigenvalue weighted by atomic mass is 15.1. The number of guanidine groups is 1. The lowest BCUT2D eigenvalue weighted by atomic mass is 10.1. The largest absolute Gasteiger partial charge is 0.370 e. The number of rotatable bonds is 7. The first-order valence-electron chi connectivity index (χ1n) is 7.32. The fourth-order valence-electron chi connectivity index (χ4n) is 2.47. The molecule has 1 aliphatic rings. The molecule has 0 spiro atoms. The molecule has 0 bridgehead atoms. The first-order chi connectivity index (χ1) is 8.22. The van der Waals surface area contributed by atoms with E-state index >= 15 is 0 Å². The highest BCUT2D eigenvalue weighted by Crippen LogP contribution is 2.20. The van der Waals surface area contributed by atoms with Crippen LogP contribution in [0, 0.1) is 0 Å². The molecule has 17 heavy (non-hydrogen) atoms. The van der Waals surface area contributed by atoms with Crippen LogP contribution < -0.4 is 11.1 Å².